The zero-order chi connectivity index (χ0) is 31.6. The van der Waals surface area contributed by atoms with Crippen molar-refractivity contribution < 1.29 is 33.8 Å². The van der Waals surface area contributed by atoms with Crippen molar-refractivity contribution in [3.63, 3.8) is 0 Å². The Morgan fingerprint density at radius 1 is 1.22 bits per heavy atom. The lowest BCUT2D eigenvalue weighted by molar-refractivity contribution is -0.154. The molecule has 4 fully saturated rings. The highest BCUT2D eigenvalue weighted by Crippen LogP contribution is 2.61. The van der Waals surface area contributed by atoms with E-state index >= 15 is 0 Å². The van der Waals surface area contributed by atoms with Crippen molar-refractivity contribution in [1.29, 1.82) is 5.26 Å². The summed E-state index contributed by atoms with van der Waals surface area (Å²) in [5, 5.41) is 24.7. The van der Waals surface area contributed by atoms with Gasteiger partial charge in [-0.25, -0.2) is 9.59 Å². The number of hydrogen-bond acceptors (Lipinski definition) is 8. The predicted octanol–water partition coefficient (Wildman–Crippen LogP) is 2.32. The molecule has 2 aliphatic carbocycles. The Kier molecular flexibility index (Phi) is 13.2. The van der Waals surface area contributed by atoms with Crippen LogP contribution in [-0.4, -0.2) is 84.5 Å². The highest BCUT2D eigenvalue weighted by Gasteiger charge is 2.61. The smallest absolute Gasteiger partial charge is 0.408 e. The van der Waals surface area contributed by atoms with E-state index in [1.807, 2.05) is 6.07 Å². The van der Waals surface area contributed by atoms with Crippen molar-refractivity contribution >= 4 is 30.7 Å². The second-order valence-electron chi connectivity index (χ2n) is 13.1. The van der Waals surface area contributed by atoms with Crippen molar-refractivity contribution in [1.82, 2.24) is 20.9 Å². The summed E-state index contributed by atoms with van der Waals surface area (Å²) < 4.78 is 4.49. The van der Waals surface area contributed by atoms with Crippen LogP contribution in [-0.2, 0) is 23.9 Å². The molecule has 41 heavy (non-hydrogen) atoms. The SMILES string of the molecule is CC(C)(OC(=O)NCC=O)C(=O)O.CC(C)C.CN1CC2C(C1)C2(C)C.N#CC(CC1CC2(CC2)NC1=O)NC=O. The molecule has 4 aliphatic rings. The van der Waals surface area contributed by atoms with Crippen LogP contribution in [0.1, 0.15) is 74.1 Å². The van der Waals surface area contributed by atoms with Gasteiger partial charge < -0.3 is 35.5 Å². The maximum absolute atomic E-state index is 11.5. The standard InChI is InChI=1S/C10H13N3O2.C8H15N.C7H11NO5.C4H10/c11-5-8(12-6-14)3-7-4-10(1-2-10)13-9(7)15;1-8(2)6-4-9(3)5-7(6)8;1-7(2,5(10)11)13-6(12)8-3-4-9;1-4(2)3/h6-8H,1-4H2,(H,12,14)(H,13,15);6-7H,4-5H2,1-3H3;4H,3H2,1-2H3,(H,8,12)(H,10,11);4H,1-3H3. The molecule has 1 spiro atoms. The third kappa shape index (κ3) is 11.7. The van der Waals surface area contributed by atoms with Crippen molar-refractivity contribution in [2.24, 2.45) is 29.1 Å². The molecule has 12 heteroatoms. The molecule has 0 bridgehead atoms. The molecule has 12 nitrogen and oxygen atoms in total. The number of piperidine rings is 1. The molecule has 2 heterocycles. The first-order valence-electron chi connectivity index (χ1n) is 14.2. The zero-order valence-corrected chi connectivity index (χ0v) is 25.8. The number of amides is 3. The van der Waals surface area contributed by atoms with Gasteiger partial charge in [-0.05, 0) is 69.7 Å². The summed E-state index contributed by atoms with van der Waals surface area (Å²) in [7, 11) is 2.22. The van der Waals surface area contributed by atoms with E-state index in [1.165, 1.54) is 26.9 Å². The van der Waals surface area contributed by atoms with E-state index in [1.54, 1.807) is 0 Å². The van der Waals surface area contributed by atoms with Crippen LogP contribution in [0, 0.1) is 40.4 Å². The number of alkyl carbamates (subject to hydrolysis) is 1. The molecule has 2 aliphatic heterocycles. The van der Waals surface area contributed by atoms with Gasteiger partial charge in [0, 0.05) is 24.5 Å². The number of hydrogen-bond donors (Lipinski definition) is 4. The Balaban J connectivity index is 0.000000295. The number of nitrogens with one attached hydrogen (secondary N) is 3. The van der Waals surface area contributed by atoms with Gasteiger partial charge in [-0.15, -0.1) is 0 Å². The number of likely N-dealkylation sites (tertiary alicyclic amines) is 1. The highest BCUT2D eigenvalue weighted by molar-refractivity contribution is 5.83. The Morgan fingerprint density at radius 3 is 2.12 bits per heavy atom. The minimum Gasteiger partial charge on any atom is -0.478 e. The Morgan fingerprint density at radius 2 is 1.76 bits per heavy atom. The third-order valence-corrected chi connectivity index (χ3v) is 7.69. The van der Waals surface area contributed by atoms with Crippen LogP contribution in [0.3, 0.4) is 0 Å². The number of nitriles is 1. The molecule has 0 aromatic carbocycles. The van der Waals surface area contributed by atoms with E-state index in [-0.39, 0.29) is 23.9 Å². The molecule has 2 saturated heterocycles. The fourth-order valence-corrected chi connectivity index (χ4v) is 4.94. The quantitative estimate of drug-likeness (QED) is 0.314. The van der Waals surface area contributed by atoms with Crippen LogP contribution in [0.5, 0.6) is 0 Å². The minimum atomic E-state index is -1.59. The molecule has 4 N–H and O–H groups in total. The summed E-state index contributed by atoms with van der Waals surface area (Å²) >= 11 is 0. The van der Waals surface area contributed by atoms with Gasteiger partial charge in [0.1, 0.15) is 12.3 Å². The van der Waals surface area contributed by atoms with Gasteiger partial charge in [0.15, 0.2) is 0 Å². The largest absolute Gasteiger partial charge is 0.478 e. The summed E-state index contributed by atoms with van der Waals surface area (Å²) in [4.78, 5) is 55.2. The van der Waals surface area contributed by atoms with Crippen LogP contribution in [0.2, 0.25) is 0 Å². The normalized spacial score (nSPS) is 24.7. The maximum atomic E-state index is 11.5. The lowest BCUT2D eigenvalue weighted by Gasteiger charge is -2.19. The number of ether oxygens (including phenoxy) is 1. The molecule has 3 amide bonds. The Hall–Kier alpha value is -3.20. The van der Waals surface area contributed by atoms with Crippen molar-refractivity contribution in [3.05, 3.63) is 0 Å². The second-order valence-corrected chi connectivity index (χ2v) is 13.1. The van der Waals surface area contributed by atoms with Gasteiger partial charge in [-0.3, -0.25) is 9.59 Å². The van der Waals surface area contributed by atoms with E-state index < -0.39 is 23.7 Å². The van der Waals surface area contributed by atoms with E-state index in [2.05, 4.69) is 67.3 Å². The van der Waals surface area contributed by atoms with Crippen molar-refractivity contribution in [2.45, 2.75) is 91.3 Å². The van der Waals surface area contributed by atoms with Crippen LogP contribution in [0.4, 0.5) is 4.79 Å². The van der Waals surface area contributed by atoms with Gasteiger partial charge >= 0.3 is 12.1 Å². The second kappa shape index (κ2) is 15.1. The monoisotopic (exact) mass is 579 g/mol. The van der Waals surface area contributed by atoms with Gasteiger partial charge in [0.05, 0.1) is 12.6 Å². The zero-order valence-electron chi connectivity index (χ0n) is 25.8. The number of carboxylic acids is 1. The first kappa shape index (κ1) is 35.8. The molecule has 4 atom stereocenters. The number of aldehydes is 1. The lowest BCUT2D eigenvalue weighted by atomic mass is 9.96. The molecule has 0 aromatic rings. The molecular formula is C29H49N5O7. The first-order chi connectivity index (χ1) is 18.9. The number of carbonyl (C=O) groups is 5. The number of fused-ring (bicyclic) bond motifs is 1. The number of carbonyl (C=O) groups excluding carboxylic acids is 4. The number of aliphatic carboxylic acids is 1. The van der Waals surface area contributed by atoms with E-state index in [0.29, 0.717) is 24.5 Å². The average molecular weight is 580 g/mol. The molecule has 4 unspecified atom stereocenters. The number of rotatable bonds is 8. The van der Waals surface area contributed by atoms with E-state index in [4.69, 9.17) is 10.4 Å². The molecule has 4 rings (SSSR count). The topological polar surface area (TPSA) is 178 Å². The van der Waals surface area contributed by atoms with Gasteiger partial charge in [-0.2, -0.15) is 5.26 Å². The van der Waals surface area contributed by atoms with E-state index in [9.17, 15) is 24.0 Å². The lowest BCUT2D eigenvalue weighted by Crippen LogP contribution is -2.41. The summed E-state index contributed by atoms with van der Waals surface area (Å²) in [6, 6.07) is 1.43. The van der Waals surface area contributed by atoms with Crippen LogP contribution >= 0.6 is 0 Å². The molecular weight excluding hydrogens is 530 g/mol. The highest BCUT2D eigenvalue weighted by atomic mass is 16.6. The predicted molar refractivity (Wildman–Crippen MR) is 152 cm³/mol. The average Bonchev–Trinajstić information content (AvgIpc) is 3.57. The van der Waals surface area contributed by atoms with Gasteiger partial charge in [0.25, 0.3) is 0 Å². The van der Waals surface area contributed by atoms with Crippen LogP contribution in [0.15, 0.2) is 0 Å². The first-order valence-corrected chi connectivity index (χ1v) is 14.2. The minimum absolute atomic E-state index is 0.0282. The summed E-state index contributed by atoms with van der Waals surface area (Å²) in [6.45, 7) is 16.3. The van der Waals surface area contributed by atoms with Gasteiger partial charge in [0.2, 0.25) is 17.9 Å². The number of carboxylic acid groups (broad SMARTS) is 1. The Labute approximate surface area is 243 Å². The van der Waals surface area contributed by atoms with Crippen molar-refractivity contribution in [2.75, 3.05) is 26.7 Å². The van der Waals surface area contributed by atoms with Crippen LogP contribution in [0.25, 0.3) is 0 Å². The fraction of sp³-hybridized carbons (Fsp3) is 0.793. The molecule has 2 saturated carbocycles. The molecule has 0 radical (unpaired) electrons. The molecule has 0 aromatic heterocycles. The third-order valence-electron chi connectivity index (χ3n) is 7.69. The summed E-state index contributed by atoms with van der Waals surface area (Å²) in [6.07, 6.45) is 3.37. The maximum Gasteiger partial charge on any atom is 0.408 e. The number of nitrogens with zero attached hydrogens (tertiary/aromatic N) is 2. The summed E-state index contributed by atoms with van der Waals surface area (Å²) in [5.41, 5.74) is -0.845. The Bertz CT molecular complexity index is 954. The summed E-state index contributed by atoms with van der Waals surface area (Å²) in [5.74, 6) is 1.55. The van der Waals surface area contributed by atoms with E-state index in [0.717, 1.165) is 37.0 Å². The van der Waals surface area contributed by atoms with Crippen LogP contribution < -0.4 is 16.0 Å². The fourth-order valence-electron chi connectivity index (χ4n) is 4.94. The molecule has 232 valence electrons. The van der Waals surface area contributed by atoms with Crippen molar-refractivity contribution in [3.8, 4) is 6.07 Å². The van der Waals surface area contributed by atoms with Gasteiger partial charge in [-0.1, -0.05) is 34.6 Å².